The maximum atomic E-state index is 2.51. The van der Waals surface area contributed by atoms with Gasteiger partial charge >= 0.3 is 130 Å². The Morgan fingerprint density at radius 1 is 0.684 bits per heavy atom. The van der Waals surface area contributed by atoms with Crippen molar-refractivity contribution in [2.45, 2.75) is 59.0 Å². The Bertz CT molecular complexity index is 188. The molecular formula is C16H37InN2. The van der Waals surface area contributed by atoms with Crippen molar-refractivity contribution in [2.24, 2.45) is 0 Å². The molecule has 0 saturated heterocycles. The monoisotopic (exact) mass is 372 g/mol. The summed E-state index contributed by atoms with van der Waals surface area (Å²) in [5, 5.41) is 0. The summed E-state index contributed by atoms with van der Waals surface area (Å²) in [6, 6.07) is 0. The SMILES string of the molecule is CCCN(C)CC[CH2][In]([CH2]CC)[CH2]CCN(C)CC. The van der Waals surface area contributed by atoms with E-state index in [2.05, 4.69) is 44.7 Å². The normalized spacial score (nSPS) is 11.5. The summed E-state index contributed by atoms with van der Waals surface area (Å²) < 4.78 is 4.91. The minimum absolute atomic E-state index is 1.15. The molecule has 0 unspecified atom stereocenters. The molecule has 0 atom stereocenters. The fourth-order valence-corrected chi connectivity index (χ4v) is 11.9. The molecular weight excluding hydrogens is 335 g/mol. The Morgan fingerprint density at radius 3 is 1.74 bits per heavy atom. The molecule has 0 spiro atoms. The molecule has 0 radical (unpaired) electrons. The van der Waals surface area contributed by atoms with Crippen LogP contribution in [0.1, 0.15) is 46.5 Å². The van der Waals surface area contributed by atoms with Crippen LogP contribution in [0.15, 0.2) is 0 Å². The van der Waals surface area contributed by atoms with Crippen LogP contribution in [-0.4, -0.2) is 71.5 Å². The van der Waals surface area contributed by atoms with Crippen LogP contribution in [0.2, 0.25) is 12.5 Å². The molecule has 0 saturated carbocycles. The molecule has 0 fully saturated rings. The van der Waals surface area contributed by atoms with E-state index in [9.17, 15) is 0 Å². The van der Waals surface area contributed by atoms with E-state index in [0.717, 1.165) is 0 Å². The second-order valence-corrected chi connectivity index (χ2v) is 16.0. The van der Waals surface area contributed by atoms with Gasteiger partial charge in [-0.3, -0.25) is 0 Å². The Morgan fingerprint density at radius 2 is 1.26 bits per heavy atom. The number of hydrogen-bond donors (Lipinski definition) is 0. The quantitative estimate of drug-likeness (QED) is 0.483. The van der Waals surface area contributed by atoms with Crippen molar-refractivity contribution < 1.29 is 0 Å². The van der Waals surface area contributed by atoms with E-state index in [1.54, 1.807) is 12.5 Å². The third kappa shape index (κ3) is 12.3. The Labute approximate surface area is 130 Å². The summed E-state index contributed by atoms with van der Waals surface area (Å²) in [6.45, 7) is 12.1. The Hall–Kier alpha value is 0.790. The van der Waals surface area contributed by atoms with Crippen molar-refractivity contribution in [3.05, 3.63) is 0 Å². The van der Waals surface area contributed by atoms with Crippen LogP contribution < -0.4 is 0 Å². The number of nitrogens with zero attached hydrogens (tertiary/aromatic N) is 2. The summed E-state index contributed by atoms with van der Waals surface area (Å²) in [7, 11) is 4.54. The zero-order chi connectivity index (χ0) is 14.5. The van der Waals surface area contributed by atoms with Crippen LogP contribution in [0.4, 0.5) is 0 Å². The van der Waals surface area contributed by atoms with Crippen LogP contribution in [0.25, 0.3) is 0 Å². The average molecular weight is 372 g/mol. The molecule has 0 heterocycles. The van der Waals surface area contributed by atoms with Crippen molar-refractivity contribution in [1.82, 2.24) is 9.80 Å². The third-order valence-electron chi connectivity index (χ3n) is 4.15. The maximum absolute atomic E-state index is 2.51. The summed E-state index contributed by atoms with van der Waals surface area (Å²) in [4.78, 5) is 4.98. The van der Waals surface area contributed by atoms with Gasteiger partial charge in [0, 0.05) is 0 Å². The molecule has 114 valence electrons. The predicted octanol–water partition coefficient (Wildman–Crippen LogP) is 3.96. The molecule has 0 aromatic carbocycles. The summed E-state index contributed by atoms with van der Waals surface area (Å²) >= 11 is -1.15. The molecule has 0 amide bonds. The zero-order valence-corrected chi connectivity index (χ0v) is 17.5. The summed E-state index contributed by atoms with van der Waals surface area (Å²) in [5.74, 6) is 0. The van der Waals surface area contributed by atoms with E-state index in [-0.39, 0.29) is 0 Å². The second-order valence-electron chi connectivity index (χ2n) is 6.14. The molecule has 0 aliphatic carbocycles. The van der Waals surface area contributed by atoms with E-state index in [1.165, 1.54) is 51.9 Å². The third-order valence-corrected chi connectivity index (χ3v) is 15.1. The van der Waals surface area contributed by atoms with Gasteiger partial charge in [-0.1, -0.05) is 0 Å². The molecule has 0 rings (SSSR count). The summed E-state index contributed by atoms with van der Waals surface area (Å²) in [6.07, 6.45) is 5.67. The zero-order valence-electron chi connectivity index (χ0n) is 14.2. The van der Waals surface area contributed by atoms with E-state index < -0.39 is 21.4 Å². The fraction of sp³-hybridized carbons (Fsp3) is 1.00. The second kappa shape index (κ2) is 13.8. The molecule has 0 N–H and O–H groups in total. The Balaban J connectivity index is 3.72. The van der Waals surface area contributed by atoms with Gasteiger partial charge in [0.1, 0.15) is 0 Å². The van der Waals surface area contributed by atoms with Gasteiger partial charge in [0.25, 0.3) is 0 Å². The van der Waals surface area contributed by atoms with Crippen molar-refractivity contribution in [1.29, 1.82) is 0 Å². The van der Waals surface area contributed by atoms with E-state index in [0.29, 0.717) is 0 Å². The first-order chi connectivity index (χ1) is 9.13. The van der Waals surface area contributed by atoms with Crippen LogP contribution in [0.3, 0.4) is 0 Å². The van der Waals surface area contributed by atoms with Gasteiger partial charge in [-0.15, -0.1) is 0 Å². The number of rotatable bonds is 13. The van der Waals surface area contributed by atoms with E-state index in [4.69, 9.17) is 0 Å². The van der Waals surface area contributed by atoms with Gasteiger partial charge in [0.15, 0.2) is 0 Å². The topological polar surface area (TPSA) is 6.48 Å². The van der Waals surface area contributed by atoms with E-state index >= 15 is 0 Å². The molecule has 0 aliphatic heterocycles. The van der Waals surface area contributed by atoms with Gasteiger partial charge in [-0.25, -0.2) is 0 Å². The van der Waals surface area contributed by atoms with E-state index in [1.807, 2.05) is 0 Å². The van der Waals surface area contributed by atoms with Gasteiger partial charge < -0.3 is 0 Å². The minimum atomic E-state index is -1.15. The molecule has 0 aromatic heterocycles. The predicted molar refractivity (Wildman–Crippen MR) is 90.7 cm³/mol. The molecule has 3 heteroatoms. The van der Waals surface area contributed by atoms with Crippen LogP contribution in [0.5, 0.6) is 0 Å². The molecule has 0 aliphatic rings. The van der Waals surface area contributed by atoms with Gasteiger partial charge in [0.05, 0.1) is 0 Å². The first-order valence-corrected chi connectivity index (χ1v) is 15.5. The van der Waals surface area contributed by atoms with Crippen molar-refractivity contribution in [3.8, 4) is 0 Å². The average Bonchev–Trinajstić information content (AvgIpc) is 2.38. The van der Waals surface area contributed by atoms with Crippen LogP contribution in [-0.2, 0) is 0 Å². The fourth-order valence-electron chi connectivity index (χ4n) is 2.79. The van der Waals surface area contributed by atoms with Gasteiger partial charge in [-0.05, 0) is 0 Å². The van der Waals surface area contributed by atoms with Gasteiger partial charge in [0.2, 0.25) is 0 Å². The van der Waals surface area contributed by atoms with Crippen molar-refractivity contribution in [2.75, 3.05) is 40.3 Å². The standard InChI is InChI=1S/C7H16N.C6H14N.C3H7.In/c1-4-6-8(3)7-5-2;1-4-6-7(3)5-2;1-3-2;/h1,4-7H2,2-3H3;1,4-6H2,2-3H3;1,3H2,2H3;. The first-order valence-electron chi connectivity index (χ1n) is 8.51. The van der Waals surface area contributed by atoms with Crippen LogP contribution in [0, 0.1) is 0 Å². The van der Waals surface area contributed by atoms with Crippen molar-refractivity contribution in [3.63, 3.8) is 0 Å². The van der Waals surface area contributed by atoms with Gasteiger partial charge in [-0.2, -0.15) is 0 Å². The molecule has 0 bridgehead atoms. The molecule has 0 aromatic rings. The van der Waals surface area contributed by atoms with Crippen LogP contribution >= 0.6 is 0 Å². The number of hydrogen-bond acceptors (Lipinski definition) is 2. The summed E-state index contributed by atoms with van der Waals surface area (Å²) in [5.41, 5.74) is 0. The molecule has 2 nitrogen and oxygen atoms in total. The Kier molecular flexibility index (Phi) is 14.3. The van der Waals surface area contributed by atoms with Crippen molar-refractivity contribution >= 4 is 21.4 Å². The molecule has 19 heavy (non-hydrogen) atoms. The first kappa shape index (κ1) is 19.8.